The molecule has 0 bridgehead atoms. The predicted molar refractivity (Wildman–Crippen MR) is 140 cm³/mol. The fourth-order valence-corrected chi connectivity index (χ4v) is 7.19. The largest absolute Gasteiger partial charge is 0.586 e. The van der Waals surface area contributed by atoms with E-state index in [1.54, 1.807) is 40.7 Å². The van der Waals surface area contributed by atoms with Crippen LogP contribution in [0, 0.1) is 0 Å². The van der Waals surface area contributed by atoms with Crippen molar-refractivity contribution in [3.8, 4) is 22.8 Å². The molecule has 6 rings (SSSR count). The molecule has 0 radical (unpaired) electrons. The van der Waals surface area contributed by atoms with E-state index in [0.29, 0.717) is 47.7 Å². The maximum atomic E-state index is 13.4. The van der Waals surface area contributed by atoms with E-state index in [-0.39, 0.29) is 36.4 Å². The van der Waals surface area contributed by atoms with Gasteiger partial charge >= 0.3 is 6.29 Å². The molecular weight excluding hydrogens is 530 g/mol. The van der Waals surface area contributed by atoms with E-state index in [0.717, 1.165) is 12.0 Å². The highest BCUT2D eigenvalue weighted by Crippen LogP contribution is 2.55. The maximum absolute atomic E-state index is 13.4. The number of hydrogen-bond acceptors (Lipinski definition) is 8. The first-order chi connectivity index (χ1) is 18.6. The monoisotopic (exact) mass is 558 g/mol. The Labute approximate surface area is 225 Å². The Morgan fingerprint density at radius 3 is 2.51 bits per heavy atom. The van der Waals surface area contributed by atoms with Crippen molar-refractivity contribution >= 4 is 16.6 Å². The zero-order chi connectivity index (χ0) is 27.4. The highest BCUT2D eigenvalue weighted by Gasteiger charge is 2.52. The fourth-order valence-electron chi connectivity index (χ4n) is 5.44. The van der Waals surface area contributed by atoms with E-state index in [4.69, 9.17) is 0 Å². The number of aliphatic hydroxyl groups is 1. The van der Waals surface area contributed by atoms with Crippen LogP contribution in [0.1, 0.15) is 36.9 Å². The molecule has 206 valence electrons. The average Bonchev–Trinajstić information content (AvgIpc) is 3.47. The third-order valence-corrected chi connectivity index (χ3v) is 9.75. The van der Waals surface area contributed by atoms with Gasteiger partial charge in [-0.3, -0.25) is 18.9 Å². The summed E-state index contributed by atoms with van der Waals surface area (Å²) in [6, 6.07) is 16.4. The normalized spacial score (nSPS) is 21.6. The van der Waals surface area contributed by atoms with Gasteiger partial charge in [0.05, 0.1) is 28.7 Å². The maximum Gasteiger partial charge on any atom is 0.586 e. The number of pyridine rings is 1. The highest BCUT2D eigenvalue weighted by atomic mass is 32.3. The highest BCUT2D eigenvalue weighted by molar-refractivity contribution is 8.22. The number of benzene rings is 2. The summed E-state index contributed by atoms with van der Waals surface area (Å²) in [5, 5.41) is 9.58. The number of Topliss-reactive ketones (excluding diaryl/α,β-unsaturated/α-hetero) is 1. The fraction of sp³-hybridized carbons (Fsp3) is 0.357. The molecule has 0 unspecified atom stereocenters. The smallest absolute Gasteiger partial charge is 0.395 e. The molecule has 1 atom stereocenters. The van der Waals surface area contributed by atoms with Gasteiger partial charge in [-0.2, -0.15) is 4.31 Å². The zero-order valence-electron chi connectivity index (χ0n) is 20.9. The Kier molecular flexibility index (Phi) is 6.39. The number of alkyl halides is 2. The van der Waals surface area contributed by atoms with Gasteiger partial charge in [0.1, 0.15) is 5.78 Å². The molecule has 0 spiro atoms. The number of rotatable bonds is 8. The van der Waals surface area contributed by atoms with Gasteiger partial charge in [0, 0.05) is 24.2 Å². The molecule has 3 aromatic rings. The first-order valence-electron chi connectivity index (χ1n) is 12.8. The molecule has 1 aliphatic carbocycles. The SMILES string of the molecule is O=C(Cc1cccc(-c2ccc(S(O)(O)N3CCC[C@@H]3CO)cc2)n1)C1(c2ccc3c(c2)OC(F)(F)O3)CC1. The van der Waals surface area contributed by atoms with Crippen molar-refractivity contribution in [2.75, 3.05) is 13.2 Å². The van der Waals surface area contributed by atoms with Crippen LogP contribution in [0.25, 0.3) is 11.3 Å². The number of nitrogens with zero attached hydrogens (tertiary/aromatic N) is 2. The molecule has 3 N–H and O–H groups in total. The average molecular weight is 559 g/mol. The van der Waals surface area contributed by atoms with Crippen molar-refractivity contribution < 1.29 is 37.3 Å². The molecule has 2 aromatic carbocycles. The summed E-state index contributed by atoms with van der Waals surface area (Å²) in [6.07, 6.45) is -0.897. The van der Waals surface area contributed by atoms with Gasteiger partial charge in [0.15, 0.2) is 11.5 Å². The third kappa shape index (κ3) is 4.78. The Bertz CT molecular complexity index is 1410. The summed E-state index contributed by atoms with van der Waals surface area (Å²) < 4.78 is 59.3. The van der Waals surface area contributed by atoms with Gasteiger partial charge in [0.2, 0.25) is 0 Å². The molecule has 1 saturated heterocycles. The molecule has 1 saturated carbocycles. The van der Waals surface area contributed by atoms with Crippen LogP contribution in [-0.4, -0.2) is 54.8 Å². The summed E-state index contributed by atoms with van der Waals surface area (Å²) in [4.78, 5) is 18.4. The first kappa shape index (κ1) is 26.1. The van der Waals surface area contributed by atoms with Crippen molar-refractivity contribution in [2.24, 2.45) is 0 Å². The number of carbonyl (C=O) groups excluding carboxylic acids is 1. The van der Waals surface area contributed by atoms with E-state index >= 15 is 0 Å². The number of aliphatic hydroxyl groups excluding tert-OH is 1. The van der Waals surface area contributed by atoms with Crippen LogP contribution in [0.15, 0.2) is 65.6 Å². The Morgan fingerprint density at radius 2 is 1.79 bits per heavy atom. The number of aromatic nitrogens is 1. The van der Waals surface area contributed by atoms with Gasteiger partial charge in [-0.15, -0.1) is 19.6 Å². The minimum Gasteiger partial charge on any atom is -0.395 e. The molecular formula is C28H28F2N2O6S. The molecule has 1 aromatic heterocycles. The number of halogens is 2. The van der Waals surface area contributed by atoms with E-state index in [9.17, 15) is 27.8 Å². The Morgan fingerprint density at radius 1 is 1.05 bits per heavy atom. The lowest BCUT2D eigenvalue weighted by Gasteiger charge is -2.43. The second-order valence-electron chi connectivity index (χ2n) is 10.2. The number of hydrogen-bond donors (Lipinski definition) is 3. The second-order valence-corrected chi connectivity index (χ2v) is 12.2. The number of ketones is 1. The van der Waals surface area contributed by atoms with Crippen LogP contribution in [0.2, 0.25) is 0 Å². The molecule has 8 nitrogen and oxygen atoms in total. The van der Waals surface area contributed by atoms with Crippen LogP contribution < -0.4 is 9.47 Å². The minimum absolute atomic E-state index is 0.0499. The van der Waals surface area contributed by atoms with Crippen LogP contribution in [0.3, 0.4) is 0 Å². The lowest BCUT2D eigenvalue weighted by Crippen LogP contribution is -2.34. The van der Waals surface area contributed by atoms with Gasteiger partial charge < -0.3 is 14.6 Å². The lowest BCUT2D eigenvalue weighted by atomic mass is 9.88. The van der Waals surface area contributed by atoms with Gasteiger partial charge in [-0.1, -0.05) is 24.3 Å². The van der Waals surface area contributed by atoms with Crippen molar-refractivity contribution in [1.82, 2.24) is 9.29 Å². The molecule has 2 aliphatic heterocycles. The quantitative estimate of drug-likeness (QED) is 0.337. The Balaban J connectivity index is 1.18. The summed E-state index contributed by atoms with van der Waals surface area (Å²) in [6.45, 7) is 0.377. The molecule has 39 heavy (non-hydrogen) atoms. The van der Waals surface area contributed by atoms with Crippen molar-refractivity contribution in [1.29, 1.82) is 0 Å². The standard InChI is InChI=1S/C28H28F2N2O6S/c29-28(30)37-24-11-8-19(15-25(24)38-28)27(12-13-27)26(34)16-20-3-1-5-23(31-20)18-6-9-22(10-7-18)39(35,36)32-14-2-4-21(32)17-33/h1,3,5-11,15,21,33,35-36H,2,4,12-14,16-17H2/t21-/m1/s1. The third-order valence-electron chi connectivity index (χ3n) is 7.71. The van der Waals surface area contributed by atoms with Gasteiger partial charge in [0.25, 0.3) is 0 Å². The van der Waals surface area contributed by atoms with E-state index in [2.05, 4.69) is 14.5 Å². The lowest BCUT2D eigenvalue weighted by molar-refractivity contribution is -0.286. The Hall–Kier alpha value is -3.09. The summed E-state index contributed by atoms with van der Waals surface area (Å²) >= 11 is 0. The van der Waals surface area contributed by atoms with Crippen LogP contribution in [0.4, 0.5) is 8.78 Å². The van der Waals surface area contributed by atoms with Crippen LogP contribution in [0.5, 0.6) is 11.5 Å². The molecule has 3 heterocycles. The van der Waals surface area contributed by atoms with Gasteiger partial charge in [-0.05, 0) is 67.6 Å². The zero-order valence-corrected chi connectivity index (χ0v) is 21.7. The van der Waals surface area contributed by atoms with E-state index in [1.807, 2.05) is 12.1 Å². The number of carbonyl (C=O) groups is 1. The second kappa shape index (κ2) is 9.53. The predicted octanol–water partition coefficient (Wildman–Crippen LogP) is 5.39. The first-order valence-corrected chi connectivity index (χ1v) is 14.3. The van der Waals surface area contributed by atoms with Crippen LogP contribution in [-0.2, 0) is 16.6 Å². The molecule has 2 fully saturated rings. The summed E-state index contributed by atoms with van der Waals surface area (Å²) in [5.74, 6) is -0.179. The summed E-state index contributed by atoms with van der Waals surface area (Å²) in [5.41, 5.74) is 1.83. The van der Waals surface area contributed by atoms with Gasteiger partial charge in [-0.25, -0.2) is 0 Å². The summed E-state index contributed by atoms with van der Waals surface area (Å²) in [7, 11) is -3.22. The topological polar surface area (TPSA) is 112 Å². The number of fused-ring (bicyclic) bond motifs is 1. The van der Waals surface area contributed by atoms with E-state index < -0.39 is 22.5 Å². The molecule has 11 heteroatoms. The van der Waals surface area contributed by atoms with Crippen molar-refractivity contribution in [2.45, 2.75) is 54.8 Å². The number of ether oxygens (including phenoxy) is 2. The van der Waals surface area contributed by atoms with Crippen molar-refractivity contribution in [3.63, 3.8) is 0 Å². The molecule has 0 amide bonds. The van der Waals surface area contributed by atoms with Crippen LogP contribution >= 0.6 is 10.8 Å². The minimum atomic E-state index is -3.71. The van der Waals surface area contributed by atoms with E-state index in [1.165, 1.54) is 12.1 Å². The van der Waals surface area contributed by atoms with Crippen molar-refractivity contribution in [3.05, 3.63) is 71.9 Å². The molecule has 3 aliphatic rings.